The summed E-state index contributed by atoms with van der Waals surface area (Å²) >= 11 is 0. The fourth-order valence-corrected chi connectivity index (χ4v) is 3.19. The smallest absolute Gasteiger partial charge is 0.213 e. The number of ether oxygens (including phenoxy) is 2. The number of piperidine rings is 1. The zero-order chi connectivity index (χ0) is 15.9. The van der Waals surface area contributed by atoms with Gasteiger partial charge in [-0.25, -0.2) is 8.78 Å². The highest BCUT2D eigenvalue weighted by Crippen LogP contribution is 2.38. The Morgan fingerprint density at radius 2 is 1.65 bits per heavy atom. The maximum atomic E-state index is 13.4. The molecule has 0 bridgehead atoms. The van der Waals surface area contributed by atoms with Crippen LogP contribution in [0.2, 0.25) is 0 Å². The summed E-state index contributed by atoms with van der Waals surface area (Å²) < 4.78 is 38.8. The monoisotopic (exact) mass is 317 g/mol. The first-order valence-corrected chi connectivity index (χ1v) is 7.77. The molecule has 5 heteroatoms. The van der Waals surface area contributed by atoms with E-state index in [1.165, 1.54) is 12.1 Å². The molecule has 3 nitrogen and oxygen atoms in total. The van der Waals surface area contributed by atoms with Gasteiger partial charge in [-0.2, -0.15) is 0 Å². The normalized spacial score (nSPS) is 19.2. The Bertz CT molecular complexity index is 722. The number of rotatable bonds is 1. The molecule has 2 aliphatic heterocycles. The molecule has 0 atom stereocenters. The van der Waals surface area contributed by atoms with Crippen LogP contribution < -0.4 is 10.1 Å². The Morgan fingerprint density at radius 1 is 0.913 bits per heavy atom. The SMILES string of the molecule is Fc1cc(F)cc(-c2ccc3c(c2)COC2(CCNCC2)O3)c1. The average Bonchev–Trinajstić information content (AvgIpc) is 2.54. The van der Waals surface area contributed by atoms with Crippen molar-refractivity contribution in [2.24, 2.45) is 0 Å². The van der Waals surface area contributed by atoms with E-state index in [2.05, 4.69) is 5.32 Å². The summed E-state index contributed by atoms with van der Waals surface area (Å²) in [6.45, 7) is 2.19. The molecule has 0 saturated carbocycles. The molecular weight excluding hydrogens is 300 g/mol. The van der Waals surface area contributed by atoms with Gasteiger partial charge in [0.2, 0.25) is 5.79 Å². The fraction of sp³-hybridized carbons (Fsp3) is 0.333. The van der Waals surface area contributed by atoms with Crippen LogP contribution in [0.1, 0.15) is 18.4 Å². The summed E-state index contributed by atoms with van der Waals surface area (Å²) in [5.41, 5.74) is 2.15. The first-order valence-electron chi connectivity index (χ1n) is 7.77. The van der Waals surface area contributed by atoms with Crippen LogP contribution >= 0.6 is 0 Å². The highest BCUT2D eigenvalue weighted by molar-refractivity contribution is 5.66. The van der Waals surface area contributed by atoms with Crippen molar-refractivity contribution in [3.63, 3.8) is 0 Å². The molecule has 2 aromatic rings. The Balaban J connectivity index is 1.65. The van der Waals surface area contributed by atoms with Gasteiger partial charge in [-0.05, 0) is 35.4 Å². The summed E-state index contributed by atoms with van der Waals surface area (Å²) in [6, 6.07) is 9.08. The van der Waals surface area contributed by atoms with Gasteiger partial charge in [0.05, 0.1) is 6.61 Å². The molecule has 2 aliphatic rings. The lowest BCUT2D eigenvalue weighted by molar-refractivity contribution is -0.218. The van der Waals surface area contributed by atoms with Crippen molar-refractivity contribution in [1.82, 2.24) is 5.32 Å². The molecule has 0 amide bonds. The van der Waals surface area contributed by atoms with E-state index < -0.39 is 17.4 Å². The van der Waals surface area contributed by atoms with Crippen LogP contribution in [0.25, 0.3) is 11.1 Å². The largest absolute Gasteiger partial charge is 0.462 e. The number of nitrogens with one attached hydrogen (secondary N) is 1. The molecular formula is C18H17F2NO2. The molecule has 4 rings (SSSR count). The van der Waals surface area contributed by atoms with E-state index in [0.717, 1.165) is 48.9 Å². The van der Waals surface area contributed by atoms with Crippen molar-refractivity contribution in [3.05, 3.63) is 53.6 Å². The van der Waals surface area contributed by atoms with E-state index in [9.17, 15) is 8.78 Å². The lowest BCUT2D eigenvalue weighted by Crippen LogP contribution is -2.49. The van der Waals surface area contributed by atoms with Gasteiger partial charge in [0, 0.05) is 37.6 Å². The summed E-state index contributed by atoms with van der Waals surface area (Å²) in [5.74, 6) is -0.915. The fourth-order valence-electron chi connectivity index (χ4n) is 3.19. The summed E-state index contributed by atoms with van der Waals surface area (Å²) in [6.07, 6.45) is 1.62. The minimum atomic E-state index is -0.584. The molecule has 1 fully saturated rings. The Kier molecular flexibility index (Phi) is 3.54. The van der Waals surface area contributed by atoms with Crippen LogP contribution in [-0.4, -0.2) is 18.9 Å². The van der Waals surface area contributed by atoms with Gasteiger partial charge < -0.3 is 14.8 Å². The van der Waals surface area contributed by atoms with Gasteiger partial charge in [-0.15, -0.1) is 0 Å². The van der Waals surface area contributed by atoms with Gasteiger partial charge in [0.1, 0.15) is 17.4 Å². The highest BCUT2D eigenvalue weighted by Gasteiger charge is 2.38. The molecule has 1 N–H and O–H groups in total. The molecule has 23 heavy (non-hydrogen) atoms. The summed E-state index contributed by atoms with van der Waals surface area (Å²) in [5, 5.41) is 3.29. The van der Waals surface area contributed by atoms with E-state index in [1.54, 1.807) is 0 Å². The van der Waals surface area contributed by atoms with E-state index in [0.29, 0.717) is 12.2 Å². The first-order chi connectivity index (χ1) is 11.1. The minimum Gasteiger partial charge on any atom is -0.462 e. The van der Waals surface area contributed by atoms with Crippen molar-refractivity contribution in [2.75, 3.05) is 13.1 Å². The zero-order valence-corrected chi connectivity index (χ0v) is 12.6. The number of hydrogen-bond acceptors (Lipinski definition) is 3. The Morgan fingerprint density at radius 3 is 2.39 bits per heavy atom. The quantitative estimate of drug-likeness (QED) is 0.871. The third-order valence-electron chi connectivity index (χ3n) is 4.41. The van der Waals surface area contributed by atoms with Crippen LogP contribution in [0, 0.1) is 11.6 Å². The molecule has 0 radical (unpaired) electrons. The van der Waals surface area contributed by atoms with Crippen LogP contribution in [0.4, 0.5) is 8.78 Å². The standard InChI is InChI=1S/C18H17F2NO2/c19-15-8-13(9-16(20)10-15)12-1-2-17-14(7-12)11-22-18(23-17)3-5-21-6-4-18/h1-2,7-10,21H,3-6,11H2. The zero-order valence-electron chi connectivity index (χ0n) is 12.6. The maximum Gasteiger partial charge on any atom is 0.213 e. The lowest BCUT2D eigenvalue weighted by atomic mass is 9.99. The lowest BCUT2D eigenvalue weighted by Gasteiger charge is -2.41. The van der Waals surface area contributed by atoms with E-state index in [4.69, 9.17) is 9.47 Å². The van der Waals surface area contributed by atoms with Gasteiger partial charge in [0.15, 0.2) is 0 Å². The minimum absolute atomic E-state index is 0.445. The molecule has 1 spiro atoms. The number of fused-ring (bicyclic) bond motifs is 1. The second-order valence-corrected chi connectivity index (χ2v) is 6.03. The van der Waals surface area contributed by atoms with Gasteiger partial charge in [-0.1, -0.05) is 6.07 Å². The number of hydrogen-bond donors (Lipinski definition) is 1. The van der Waals surface area contributed by atoms with Crippen LogP contribution in [0.3, 0.4) is 0 Å². The molecule has 2 aromatic carbocycles. The molecule has 0 aliphatic carbocycles. The van der Waals surface area contributed by atoms with Crippen molar-refractivity contribution in [2.45, 2.75) is 25.2 Å². The van der Waals surface area contributed by atoms with E-state index in [-0.39, 0.29) is 0 Å². The third-order valence-corrected chi connectivity index (χ3v) is 4.41. The number of benzene rings is 2. The second kappa shape index (κ2) is 5.58. The third kappa shape index (κ3) is 2.82. The van der Waals surface area contributed by atoms with Gasteiger partial charge >= 0.3 is 0 Å². The summed E-state index contributed by atoms with van der Waals surface area (Å²) in [7, 11) is 0. The Labute approximate surface area is 133 Å². The average molecular weight is 317 g/mol. The first kappa shape index (κ1) is 14.6. The molecule has 0 unspecified atom stereocenters. The van der Waals surface area contributed by atoms with E-state index >= 15 is 0 Å². The van der Waals surface area contributed by atoms with Crippen LogP contribution in [0.15, 0.2) is 36.4 Å². The van der Waals surface area contributed by atoms with Gasteiger partial charge in [0.25, 0.3) is 0 Å². The van der Waals surface area contributed by atoms with Crippen molar-refractivity contribution < 1.29 is 18.3 Å². The number of halogens is 2. The maximum absolute atomic E-state index is 13.4. The van der Waals surface area contributed by atoms with Crippen LogP contribution in [0.5, 0.6) is 5.75 Å². The molecule has 120 valence electrons. The second-order valence-electron chi connectivity index (χ2n) is 6.03. The predicted octanol–water partition coefficient (Wildman–Crippen LogP) is 3.62. The summed E-state index contributed by atoms with van der Waals surface area (Å²) in [4.78, 5) is 0. The predicted molar refractivity (Wildman–Crippen MR) is 82.0 cm³/mol. The van der Waals surface area contributed by atoms with Crippen molar-refractivity contribution in [3.8, 4) is 16.9 Å². The molecule has 1 saturated heterocycles. The van der Waals surface area contributed by atoms with Crippen LogP contribution in [-0.2, 0) is 11.3 Å². The topological polar surface area (TPSA) is 30.5 Å². The van der Waals surface area contributed by atoms with Crippen molar-refractivity contribution in [1.29, 1.82) is 0 Å². The molecule has 2 heterocycles. The van der Waals surface area contributed by atoms with E-state index in [1.807, 2.05) is 18.2 Å². The highest BCUT2D eigenvalue weighted by atomic mass is 19.1. The van der Waals surface area contributed by atoms with Gasteiger partial charge in [-0.3, -0.25) is 0 Å². The van der Waals surface area contributed by atoms with Crippen molar-refractivity contribution >= 4 is 0 Å². The Hall–Kier alpha value is -1.98. The molecule has 0 aromatic heterocycles.